The molecule has 126 valence electrons. The van der Waals surface area contributed by atoms with Crippen molar-refractivity contribution in [2.45, 2.75) is 25.4 Å². The van der Waals surface area contributed by atoms with Crippen LogP contribution in [0.25, 0.3) is 0 Å². The average Bonchev–Trinajstić information content (AvgIpc) is 2.99. The number of likely N-dealkylation sites (tertiary alicyclic amines) is 1. The Morgan fingerprint density at radius 1 is 1.25 bits per heavy atom. The minimum Gasteiger partial charge on any atom is -0.497 e. The number of hydrogen-bond acceptors (Lipinski definition) is 4. The van der Waals surface area contributed by atoms with Gasteiger partial charge in [0.15, 0.2) is 0 Å². The van der Waals surface area contributed by atoms with Gasteiger partial charge in [-0.15, -0.1) is 0 Å². The van der Waals surface area contributed by atoms with Gasteiger partial charge >= 0.3 is 0 Å². The SMILES string of the molecule is COc1ccc(CCN2CC(NCc3cccnc3)CC2=O)cc1. The van der Waals surface area contributed by atoms with Crippen LogP contribution in [0, 0.1) is 0 Å². The zero-order valence-corrected chi connectivity index (χ0v) is 13.9. The predicted octanol–water partition coefficient (Wildman–Crippen LogP) is 2.02. The summed E-state index contributed by atoms with van der Waals surface area (Å²) in [6, 6.07) is 12.2. The Hall–Kier alpha value is -2.40. The van der Waals surface area contributed by atoms with Crippen molar-refractivity contribution in [1.29, 1.82) is 0 Å². The van der Waals surface area contributed by atoms with E-state index in [4.69, 9.17) is 4.74 Å². The molecule has 24 heavy (non-hydrogen) atoms. The van der Waals surface area contributed by atoms with Crippen molar-refractivity contribution in [1.82, 2.24) is 15.2 Å². The average molecular weight is 325 g/mol. The number of nitrogens with zero attached hydrogens (tertiary/aromatic N) is 2. The van der Waals surface area contributed by atoms with Crippen molar-refractivity contribution in [3.8, 4) is 5.75 Å². The maximum Gasteiger partial charge on any atom is 0.224 e. The van der Waals surface area contributed by atoms with Gasteiger partial charge in [0.05, 0.1) is 7.11 Å². The lowest BCUT2D eigenvalue weighted by Gasteiger charge is -2.17. The number of amides is 1. The van der Waals surface area contributed by atoms with Crippen LogP contribution in [0.3, 0.4) is 0 Å². The molecule has 1 N–H and O–H groups in total. The lowest BCUT2D eigenvalue weighted by Crippen LogP contribution is -2.33. The molecule has 2 aromatic rings. The molecule has 1 unspecified atom stereocenters. The highest BCUT2D eigenvalue weighted by Crippen LogP contribution is 2.15. The number of pyridine rings is 1. The van der Waals surface area contributed by atoms with Crippen molar-refractivity contribution < 1.29 is 9.53 Å². The van der Waals surface area contributed by atoms with Crippen LogP contribution in [0.2, 0.25) is 0 Å². The van der Waals surface area contributed by atoms with Gasteiger partial charge in [-0.3, -0.25) is 9.78 Å². The van der Waals surface area contributed by atoms with Crippen molar-refractivity contribution in [3.63, 3.8) is 0 Å². The van der Waals surface area contributed by atoms with E-state index in [1.165, 1.54) is 5.56 Å². The summed E-state index contributed by atoms with van der Waals surface area (Å²) in [4.78, 5) is 18.2. The first-order chi connectivity index (χ1) is 11.7. The summed E-state index contributed by atoms with van der Waals surface area (Å²) in [6.45, 7) is 2.28. The first kappa shape index (κ1) is 16.5. The summed E-state index contributed by atoms with van der Waals surface area (Å²) in [5.41, 5.74) is 2.36. The molecule has 1 aromatic heterocycles. The molecule has 1 amide bonds. The van der Waals surface area contributed by atoms with Crippen molar-refractivity contribution in [3.05, 3.63) is 59.9 Å². The molecule has 3 rings (SSSR count). The lowest BCUT2D eigenvalue weighted by atomic mass is 10.1. The van der Waals surface area contributed by atoms with Gasteiger partial charge in [-0.2, -0.15) is 0 Å². The lowest BCUT2D eigenvalue weighted by molar-refractivity contribution is -0.127. The van der Waals surface area contributed by atoms with Crippen LogP contribution in [0.1, 0.15) is 17.5 Å². The predicted molar refractivity (Wildman–Crippen MR) is 92.8 cm³/mol. The number of benzene rings is 1. The van der Waals surface area contributed by atoms with Gasteiger partial charge in [0, 0.05) is 44.5 Å². The summed E-state index contributed by atoms with van der Waals surface area (Å²) >= 11 is 0. The molecular formula is C19H23N3O2. The normalized spacial score (nSPS) is 17.3. The van der Waals surface area contributed by atoms with Gasteiger partial charge < -0.3 is 15.0 Å². The number of hydrogen-bond donors (Lipinski definition) is 1. The number of carbonyl (C=O) groups excluding carboxylic acids is 1. The van der Waals surface area contributed by atoms with Crippen LogP contribution in [0.5, 0.6) is 5.75 Å². The molecule has 1 aromatic carbocycles. The van der Waals surface area contributed by atoms with E-state index < -0.39 is 0 Å². The van der Waals surface area contributed by atoms with E-state index in [0.29, 0.717) is 6.42 Å². The maximum absolute atomic E-state index is 12.2. The van der Waals surface area contributed by atoms with Crippen LogP contribution >= 0.6 is 0 Å². The Balaban J connectivity index is 1.46. The van der Waals surface area contributed by atoms with E-state index in [0.717, 1.165) is 37.4 Å². The molecule has 0 radical (unpaired) electrons. The second-order valence-electron chi connectivity index (χ2n) is 6.08. The fraction of sp³-hybridized carbons (Fsp3) is 0.368. The Morgan fingerprint density at radius 2 is 2.08 bits per heavy atom. The Morgan fingerprint density at radius 3 is 2.79 bits per heavy atom. The molecule has 0 spiro atoms. The Kier molecular flexibility index (Phi) is 5.43. The molecule has 1 atom stereocenters. The zero-order valence-electron chi connectivity index (χ0n) is 13.9. The number of aromatic nitrogens is 1. The second kappa shape index (κ2) is 7.93. The van der Waals surface area contributed by atoms with Crippen molar-refractivity contribution >= 4 is 5.91 Å². The minimum atomic E-state index is 0.216. The molecule has 1 fully saturated rings. The third kappa shape index (κ3) is 4.32. The summed E-state index contributed by atoms with van der Waals surface area (Å²) in [5, 5.41) is 3.45. The molecule has 5 heteroatoms. The largest absolute Gasteiger partial charge is 0.497 e. The fourth-order valence-corrected chi connectivity index (χ4v) is 2.95. The van der Waals surface area contributed by atoms with Crippen LogP contribution in [-0.2, 0) is 17.8 Å². The van der Waals surface area contributed by atoms with E-state index in [2.05, 4.69) is 22.4 Å². The first-order valence-corrected chi connectivity index (χ1v) is 8.27. The molecule has 1 saturated heterocycles. The van der Waals surface area contributed by atoms with Gasteiger partial charge in [-0.25, -0.2) is 0 Å². The Bertz CT molecular complexity index is 658. The monoisotopic (exact) mass is 325 g/mol. The van der Waals surface area contributed by atoms with Gasteiger partial charge in [-0.1, -0.05) is 18.2 Å². The Labute approximate surface area is 142 Å². The standard InChI is InChI=1S/C19H23N3O2/c1-24-18-6-4-15(5-7-18)8-10-22-14-17(11-19(22)23)21-13-16-3-2-9-20-12-16/h2-7,9,12,17,21H,8,10-11,13-14H2,1H3. The molecule has 1 aliphatic heterocycles. The highest BCUT2D eigenvalue weighted by atomic mass is 16.5. The maximum atomic E-state index is 12.2. The van der Waals surface area contributed by atoms with Crippen LogP contribution in [0.15, 0.2) is 48.8 Å². The number of nitrogens with one attached hydrogen (secondary N) is 1. The van der Waals surface area contributed by atoms with E-state index in [-0.39, 0.29) is 11.9 Å². The molecule has 0 saturated carbocycles. The number of methoxy groups -OCH3 is 1. The number of carbonyl (C=O) groups is 1. The molecule has 1 aliphatic rings. The molecule has 5 nitrogen and oxygen atoms in total. The highest BCUT2D eigenvalue weighted by Gasteiger charge is 2.28. The van der Waals surface area contributed by atoms with Crippen molar-refractivity contribution in [2.24, 2.45) is 0 Å². The van der Waals surface area contributed by atoms with Crippen LogP contribution in [0.4, 0.5) is 0 Å². The number of ether oxygens (including phenoxy) is 1. The quantitative estimate of drug-likeness (QED) is 0.846. The third-order valence-corrected chi connectivity index (χ3v) is 4.36. The third-order valence-electron chi connectivity index (χ3n) is 4.36. The van der Waals surface area contributed by atoms with Gasteiger partial charge in [0.25, 0.3) is 0 Å². The molecule has 2 heterocycles. The van der Waals surface area contributed by atoms with Crippen LogP contribution in [-0.4, -0.2) is 42.0 Å². The summed E-state index contributed by atoms with van der Waals surface area (Å²) in [5.74, 6) is 1.09. The second-order valence-corrected chi connectivity index (χ2v) is 6.08. The van der Waals surface area contributed by atoms with E-state index >= 15 is 0 Å². The zero-order chi connectivity index (χ0) is 16.8. The smallest absolute Gasteiger partial charge is 0.224 e. The topological polar surface area (TPSA) is 54.5 Å². The molecular weight excluding hydrogens is 302 g/mol. The van der Waals surface area contributed by atoms with Gasteiger partial charge in [0.2, 0.25) is 5.91 Å². The van der Waals surface area contributed by atoms with E-state index in [1.54, 1.807) is 13.3 Å². The summed E-state index contributed by atoms with van der Waals surface area (Å²) < 4.78 is 5.16. The molecule has 0 aliphatic carbocycles. The van der Waals surface area contributed by atoms with Gasteiger partial charge in [-0.05, 0) is 35.7 Å². The van der Waals surface area contributed by atoms with E-state index in [1.807, 2.05) is 35.4 Å². The highest BCUT2D eigenvalue weighted by molar-refractivity contribution is 5.79. The minimum absolute atomic E-state index is 0.216. The van der Waals surface area contributed by atoms with Crippen molar-refractivity contribution in [2.75, 3.05) is 20.2 Å². The fourth-order valence-electron chi connectivity index (χ4n) is 2.95. The first-order valence-electron chi connectivity index (χ1n) is 8.27. The molecule has 0 bridgehead atoms. The van der Waals surface area contributed by atoms with Gasteiger partial charge in [0.1, 0.15) is 5.75 Å². The van der Waals surface area contributed by atoms with Crippen LogP contribution < -0.4 is 10.1 Å². The summed E-state index contributed by atoms with van der Waals surface area (Å²) in [7, 11) is 1.66. The van der Waals surface area contributed by atoms with E-state index in [9.17, 15) is 4.79 Å². The number of rotatable bonds is 7. The summed E-state index contributed by atoms with van der Waals surface area (Å²) in [6.07, 6.45) is 5.06.